The summed E-state index contributed by atoms with van der Waals surface area (Å²) in [5.41, 5.74) is 0. The van der Waals surface area contributed by atoms with Crippen LogP contribution < -0.4 is 0 Å². The SMILES string of the molecule is O=C(O)CC(=O)O.[CH2-]CC.[CH2-]CCCCCCCCCCC.[Ca+2]. The molecule has 0 aliphatic carbocycles. The molecule has 0 unspecified atom stereocenters. The second-order valence-electron chi connectivity index (χ2n) is 5.15. The number of carbonyl (C=O) groups is 2. The monoisotopic (exact) mass is 356 g/mol. The molecule has 4 nitrogen and oxygen atoms in total. The second-order valence-corrected chi connectivity index (χ2v) is 5.15. The van der Waals surface area contributed by atoms with Crippen molar-refractivity contribution in [1.82, 2.24) is 0 Å². The summed E-state index contributed by atoms with van der Waals surface area (Å²) in [6, 6.07) is 0. The van der Waals surface area contributed by atoms with Crippen molar-refractivity contribution in [2.45, 2.75) is 90.9 Å². The van der Waals surface area contributed by atoms with E-state index in [-0.39, 0.29) is 37.7 Å². The van der Waals surface area contributed by atoms with E-state index in [0.717, 1.165) is 12.8 Å². The second kappa shape index (κ2) is 30.1. The topological polar surface area (TPSA) is 74.6 Å². The third-order valence-electron chi connectivity index (χ3n) is 2.66. The van der Waals surface area contributed by atoms with Gasteiger partial charge in [-0.1, -0.05) is 71.6 Å². The molecule has 0 rings (SSSR count). The fourth-order valence-electron chi connectivity index (χ4n) is 1.62. The molecule has 0 aromatic rings. The molecule has 0 aromatic heterocycles. The van der Waals surface area contributed by atoms with Gasteiger partial charge in [-0.15, -0.1) is 0 Å². The Labute approximate surface area is 173 Å². The Morgan fingerprint density at radius 2 is 1.04 bits per heavy atom. The molecule has 5 heteroatoms. The molecule has 0 heterocycles. The maximum absolute atomic E-state index is 9.43. The zero-order valence-electron chi connectivity index (χ0n) is 15.3. The van der Waals surface area contributed by atoms with Gasteiger partial charge in [-0.2, -0.15) is 12.8 Å². The first kappa shape index (κ1) is 31.0. The molecular weight excluding hydrogens is 320 g/mol. The van der Waals surface area contributed by atoms with Crippen LogP contribution in [0.5, 0.6) is 0 Å². The Morgan fingerprint density at radius 1 is 0.739 bits per heavy atom. The van der Waals surface area contributed by atoms with Crippen LogP contribution in [-0.4, -0.2) is 59.9 Å². The number of carboxylic acids is 2. The van der Waals surface area contributed by atoms with Gasteiger partial charge in [0.15, 0.2) is 0 Å². The number of rotatable bonds is 11. The van der Waals surface area contributed by atoms with E-state index in [1.54, 1.807) is 0 Å². The first-order valence-electron chi connectivity index (χ1n) is 8.48. The van der Waals surface area contributed by atoms with E-state index in [1.165, 1.54) is 57.8 Å². The average Bonchev–Trinajstić information content (AvgIpc) is 2.42. The van der Waals surface area contributed by atoms with Gasteiger partial charge in [-0.25, -0.2) is 0 Å². The van der Waals surface area contributed by atoms with Crippen molar-refractivity contribution in [3.63, 3.8) is 0 Å². The number of aliphatic carboxylic acids is 2. The summed E-state index contributed by atoms with van der Waals surface area (Å²) in [4.78, 5) is 18.9. The fourth-order valence-corrected chi connectivity index (χ4v) is 1.62. The van der Waals surface area contributed by atoms with Gasteiger partial charge in [-0.3, -0.25) is 9.59 Å². The van der Waals surface area contributed by atoms with Gasteiger partial charge in [0.1, 0.15) is 6.42 Å². The van der Waals surface area contributed by atoms with Gasteiger partial charge < -0.3 is 24.1 Å². The summed E-state index contributed by atoms with van der Waals surface area (Å²) in [6.45, 7) is 11.6. The standard InChI is InChI=1S/C12H25.C3H4O4.C3H7.Ca/c1-3-5-7-9-11-12-10-8-6-4-2;4-2(5)1-3(6)7;1-3-2;/h1,3-12H2,2H3;1H2,(H,4,5)(H,6,7);1,3H2,2H3;/q-1;;-1;+2. The van der Waals surface area contributed by atoms with Crippen LogP contribution in [0, 0.1) is 13.8 Å². The summed E-state index contributed by atoms with van der Waals surface area (Å²) < 4.78 is 0. The number of hydrogen-bond donors (Lipinski definition) is 2. The molecule has 0 aromatic carbocycles. The van der Waals surface area contributed by atoms with Crippen LogP contribution in [0.4, 0.5) is 0 Å². The van der Waals surface area contributed by atoms with Gasteiger partial charge in [0.2, 0.25) is 0 Å². The summed E-state index contributed by atoms with van der Waals surface area (Å²) in [5.74, 6) is -2.62. The Hall–Kier alpha value is 0.200. The largest absolute Gasteiger partial charge is 2.00 e. The van der Waals surface area contributed by atoms with Gasteiger partial charge in [0, 0.05) is 0 Å². The van der Waals surface area contributed by atoms with Crippen molar-refractivity contribution in [3.05, 3.63) is 13.8 Å². The van der Waals surface area contributed by atoms with E-state index in [1.807, 2.05) is 6.92 Å². The van der Waals surface area contributed by atoms with Crippen molar-refractivity contribution in [2.75, 3.05) is 0 Å². The van der Waals surface area contributed by atoms with E-state index >= 15 is 0 Å². The van der Waals surface area contributed by atoms with E-state index < -0.39 is 18.4 Å². The number of hydrogen-bond acceptors (Lipinski definition) is 2. The van der Waals surface area contributed by atoms with E-state index in [0.29, 0.717) is 0 Å². The average molecular weight is 357 g/mol. The molecule has 23 heavy (non-hydrogen) atoms. The summed E-state index contributed by atoms with van der Waals surface area (Å²) in [6.07, 6.45) is 14.1. The van der Waals surface area contributed by atoms with Crippen LogP contribution in [0.1, 0.15) is 90.9 Å². The summed E-state index contributed by atoms with van der Waals surface area (Å²) in [5, 5.41) is 15.4. The predicted octanol–water partition coefficient (Wildman–Crippen LogP) is 5.14. The van der Waals surface area contributed by atoms with E-state index in [9.17, 15) is 9.59 Å². The molecule has 0 aliphatic rings. The van der Waals surface area contributed by atoms with E-state index in [4.69, 9.17) is 10.2 Å². The quantitative estimate of drug-likeness (QED) is 0.233. The zero-order valence-corrected chi connectivity index (χ0v) is 17.5. The molecule has 0 bridgehead atoms. The Morgan fingerprint density at radius 3 is 1.26 bits per heavy atom. The Bertz CT molecular complexity index is 211. The Balaban J connectivity index is -0.000000140. The van der Waals surface area contributed by atoms with Gasteiger partial charge >= 0.3 is 49.7 Å². The molecule has 0 amide bonds. The third kappa shape index (κ3) is 52.0. The van der Waals surface area contributed by atoms with Crippen LogP contribution in [-0.2, 0) is 9.59 Å². The molecule has 0 radical (unpaired) electrons. The minimum atomic E-state index is -1.31. The fraction of sp³-hybridized carbons (Fsp3) is 0.778. The summed E-state index contributed by atoms with van der Waals surface area (Å²) in [7, 11) is 0. The molecule has 0 aliphatic heterocycles. The van der Waals surface area contributed by atoms with E-state index in [2.05, 4.69) is 20.8 Å². The minimum absolute atomic E-state index is 0. The number of unbranched alkanes of at least 4 members (excludes halogenated alkanes) is 9. The molecule has 0 fully saturated rings. The molecular formula is C18H36CaO4. The van der Waals surface area contributed by atoms with Crippen molar-refractivity contribution in [2.24, 2.45) is 0 Å². The van der Waals surface area contributed by atoms with Crippen LogP contribution in [0.15, 0.2) is 0 Å². The molecule has 134 valence electrons. The number of carboxylic acid groups (broad SMARTS) is 2. The smallest absolute Gasteiger partial charge is 0.481 e. The third-order valence-corrected chi connectivity index (χ3v) is 2.66. The van der Waals surface area contributed by atoms with Crippen molar-refractivity contribution in [1.29, 1.82) is 0 Å². The van der Waals surface area contributed by atoms with Crippen molar-refractivity contribution < 1.29 is 19.8 Å². The predicted molar refractivity (Wildman–Crippen MR) is 98.5 cm³/mol. The minimum Gasteiger partial charge on any atom is -0.481 e. The zero-order chi connectivity index (χ0) is 17.6. The van der Waals surface area contributed by atoms with Crippen LogP contribution in [0.3, 0.4) is 0 Å². The molecule has 0 spiro atoms. The molecule has 0 saturated carbocycles. The molecule has 2 N–H and O–H groups in total. The first-order chi connectivity index (χ1) is 10.5. The molecule has 0 saturated heterocycles. The maximum atomic E-state index is 9.43. The van der Waals surface area contributed by atoms with Gasteiger partial charge in [-0.05, 0) is 0 Å². The van der Waals surface area contributed by atoms with Crippen LogP contribution >= 0.6 is 0 Å². The normalized spacial score (nSPS) is 8.70. The van der Waals surface area contributed by atoms with Crippen LogP contribution in [0.25, 0.3) is 0 Å². The molecule has 0 atom stereocenters. The van der Waals surface area contributed by atoms with Crippen molar-refractivity contribution in [3.8, 4) is 0 Å². The van der Waals surface area contributed by atoms with Gasteiger partial charge in [0.25, 0.3) is 0 Å². The van der Waals surface area contributed by atoms with Crippen LogP contribution in [0.2, 0.25) is 0 Å². The summed E-state index contributed by atoms with van der Waals surface area (Å²) >= 11 is 0. The Kier molecular flexibility index (Phi) is 40.6. The van der Waals surface area contributed by atoms with Gasteiger partial charge in [0.05, 0.1) is 0 Å². The van der Waals surface area contributed by atoms with Crippen molar-refractivity contribution >= 4 is 49.7 Å². The maximum Gasteiger partial charge on any atom is 2.00 e. The first-order valence-corrected chi connectivity index (χ1v) is 8.48.